The van der Waals surface area contributed by atoms with E-state index >= 15 is 0 Å². The number of carbonyl (C=O) groups excluding carboxylic acids is 1. The Bertz CT molecular complexity index is 937. The Morgan fingerprint density at radius 1 is 1.14 bits per heavy atom. The van der Waals surface area contributed by atoms with E-state index in [0.29, 0.717) is 30.2 Å². The topological polar surface area (TPSA) is 75.7 Å². The molecule has 0 bridgehead atoms. The molecule has 2 aromatic carbocycles. The molecule has 0 aromatic heterocycles. The number of amides is 1. The Hall–Kier alpha value is -1.93. The summed E-state index contributed by atoms with van der Waals surface area (Å²) < 4.78 is 33.0. The summed E-state index contributed by atoms with van der Waals surface area (Å²) in [4.78, 5) is 12.6. The molecule has 2 aromatic rings. The molecule has 150 valence electrons. The highest BCUT2D eigenvalue weighted by Crippen LogP contribution is 2.22. The van der Waals surface area contributed by atoms with Crippen molar-refractivity contribution in [3.8, 4) is 0 Å². The van der Waals surface area contributed by atoms with Crippen LogP contribution >= 0.6 is 11.6 Å². The number of hydrogen-bond donors (Lipinski definition) is 1. The molecule has 6 nitrogen and oxygen atoms in total. The van der Waals surface area contributed by atoms with Crippen molar-refractivity contribution in [3.05, 3.63) is 64.7 Å². The summed E-state index contributed by atoms with van der Waals surface area (Å²) in [5, 5.41) is 3.42. The van der Waals surface area contributed by atoms with Gasteiger partial charge in [-0.2, -0.15) is 4.31 Å². The number of halogens is 1. The van der Waals surface area contributed by atoms with Gasteiger partial charge in [0.25, 0.3) is 5.91 Å². The van der Waals surface area contributed by atoms with Gasteiger partial charge in [-0.3, -0.25) is 4.79 Å². The summed E-state index contributed by atoms with van der Waals surface area (Å²) in [6.45, 7) is 4.60. The van der Waals surface area contributed by atoms with Crippen molar-refractivity contribution in [1.29, 1.82) is 0 Å². The van der Waals surface area contributed by atoms with Gasteiger partial charge in [-0.1, -0.05) is 29.8 Å². The molecule has 2 atom stereocenters. The van der Waals surface area contributed by atoms with Crippen LogP contribution in [0.25, 0.3) is 0 Å². The number of benzene rings is 2. The minimum absolute atomic E-state index is 0.105. The van der Waals surface area contributed by atoms with Crippen molar-refractivity contribution in [3.63, 3.8) is 0 Å². The summed E-state index contributed by atoms with van der Waals surface area (Å²) in [5.41, 5.74) is 1.20. The molecule has 0 spiro atoms. The molecule has 3 rings (SSSR count). The van der Waals surface area contributed by atoms with Gasteiger partial charge in [0.2, 0.25) is 10.0 Å². The molecule has 0 unspecified atom stereocenters. The van der Waals surface area contributed by atoms with E-state index in [4.69, 9.17) is 16.3 Å². The first kappa shape index (κ1) is 20.8. The van der Waals surface area contributed by atoms with Gasteiger partial charge in [0, 0.05) is 30.2 Å². The molecule has 28 heavy (non-hydrogen) atoms. The van der Waals surface area contributed by atoms with Crippen LogP contribution in [0, 0.1) is 0 Å². The number of ether oxygens (including phenoxy) is 1. The van der Waals surface area contributed by atoms with Crippen LogP contribution in [0.15, 0.2) is 53.4 Å². The average Bonchev–Trinajstić information content (AvgIpc) is 2.66. The first-order valence-electron chi connectivity index (χ1n) is 9.04. The first-order valence-corrected chi connectivity index (χ1v) is 10.9. The van der Waals surface area contributed by atoms with Crippen LogP contribution in [-0.4, -0.2) is 43.9 Å². The van der Waals surface area contributed by atoms with E-state index in [0.717, 1.165) is 5.56 Å². The Balaban J connectivity index is 1.73. The van der Waals surface area contributed by atoms with Crippen molar-refractivity contribution in [2.45, 2.75) is 37.5 Å². The van der Waals surface area contributed by atoms with Gasteiger partial charge in [-0.15, -0.1) is 0 Å². The van der Waals surface area contributed by atoms with Crippen LogP contribution in [0.3, 0.4) is 0 Å². The number of sulfonamides is 1. The van der Waals surface area contributed by atoms with Gasteiger partial charge >= 0.3 is 0 Å². The maximum atomic E-state index is 13.0. The van der Waals surface area contributed by atoms with Crippen LogP contribution in [-0.2, 0) is 21.3 Å². The minimum atomic E-state index is -3.70. The molecule has 8 heteroatoms. The fourth-order valence-corrected chi connectivity index (χ4v) is 4.92. The summed E-state index contributed by atoms with van der Waals surface area (Å²) in [6, 6.07) is 13.3. The van der Waals surface area contributed by atoms with Crippen molar-refractivity contribution in [2.24, 2.45) is 0 Å². The predicted molar refractivity (Wildman–Crippen MR) is 108 cm³/mol. The van der Waals surface area contributed by atoms with E-state index in [1.165, 1.54) is 16.4 Å². The summed E-state index contributed by atoms with van der Waals surface area (Å²) in [7, 11) is -3.70. The number of carbonyl (C=O) groups is 1. The predicted octanol–water partition coefficient (Wildman–Crippen LogP) is 3.07. The lowest BCUT2D eigenvalue weighted by Gasteiger charge is -2.34. The fourth-order valence-electron chi connectivity index (χ4n) is 3.16. The third kappa shape index (κ3) is 4.91. The third-order valence-electron chi connectivity index (χ3n) is 4.49. The van der Waals surface area contributed by atoms with Crippen LogP contribution in [0.4, 0.5) is 0 Å². The summed E-state index contributed by atoms with van der Waals surface area (Å²) in [5.74, 6) is -0.337. The number of morpholine rings is 1. The Morgan fingerprint density at radius 3 is 2.43 bits per heavy atom. The zero-order valence-electron chi connectivity index (χ0n) is 15.8. The number of rotatable bonds is 5. The molecular weight excluding hydrogens is 400 g/mol. The second-order valence-electron chi connectivity index (χ2n) is 6.92. The normalized spacial score (nSPS) is 20.7. The first-order chi connectivity index (χ1) is 13.3. The lowest BCUT2D eigenvalue weighted by atomic mass is 10.2. The molecule has 1 saturated heterocycles. The standard InChI is InChI=1S/C20H23ClN2O4S/c1-14-12-23(13-15(2)27-14)28(25,26)19-5-3-4-17(10-19)20(24)22-11-16-6-8-18(21)9-7-16/h3-10,14-15H,11-13H2,1-2H3,(H,22,24)/t14-,15-/m0/s1. The molecule has 1 aliphatic heterocycles. The lowest BCUT2D eigenvalue weighted by Crippen LogP contribution is -2.48. The zero-order valence-corrected chi connectivity index (χ0v) is 17.3. The number of nitrogens with one attached hydrogen (secondary N) is 1. The van der Waals surface area contributed by atoms with Gasteiger partial charge < -0.3 is 10.1 Å². The second-order valence-corrected chi connectivity index (χ2v) is 9.29. The van der Waals surface area contributed by atoms with E-state index in [9.17, 15) is 13.2 Å². The van der Waals surface area contributed by atoms with Crippen molar-refractivity contribution in [1.82, 2.24) is 9.62 Å². The fraction of sp³-hybridized carbons (Fsp3) is 0.350. The Labute approximate surface area is 170 Å². The molecule has 1 N–H and O–H groups in total. The van der Waals surface area contributed by atoms with E-state index in [1.54, 1.807) is 24.3 Å². The maximum Gasteiger partial charge on any atom is 0.251 e. The molecule has 0 saturated carbocycles. The quantitative estimate of drug-likeness (QED) is 0.803. The SMILES string of the molecule is C[C@H]1CN(S(=O)(=O)c2cccc(C(=O)NCc3ccc(Cl)cc3)c2)C[C@H](C)O1. The molecule has 0 radical (unpaired) electrons. The van der Waals surface area contributed by atoms with Crippen molar-refractivity contribution < 1.29 is 17.9 Å². The smallest absolute Gasteiger partial charge is 0.251 e. The minimum Gasteiger partial charge on any atom is -0.373 e. The molecule has 1 aliphatic rings. The van der Waals surface area contributed by atoms with Crippen LogP contribution in [0.1, 0.15) is 29.8 Å². The monoisotopic (exact) mass is 422 g/mol. The molecular formula is C20H23ClN2O4S. The summed E-state index contributed by atoms with van der Waals surface area (Å²) in [6.07, 6.45) is -0.353. The van der Waals surface area contributed by atoms with Crippen LogP contribution < -0.4 is 5.32 Å². The largest absolute Gasteiger partial charge is 0.373 e. The second kappa shape index (κ2) is 8.61. The average molecular weight is 423 g/mol. The van der Waals surface area contributed by atoms with E-state index in [1.807, 2.05) is 26.0 Å². The summed E-state index contributed by atoms with van der Waals surface area (Å²) >= 11 is 5.86. The van der Waals surface area contributed by atoms with Gasteiger partial charge in [0.15, 0.2) is 0 Å². The van der Waals surface area contributed by atoms with Crippen LogP contribution in [0.5, 0.6) is 0 Å². The third-order valence-corrected chi connectivity index (χ3v) is 6.57. The van der Waals surface area contributed by atoms with E-state index < -0.39 is 10.0 Å². The highest BCUT2D eigenvalue weighted by molar-refractivity contribution is 7.89. The lowest BCUT2D eigenvalue weighted by molar-refractivity contribution is -0.0440. The molecule has 0 aliphatic carbocycles. The van der Waals surface area contributed by atoms with Gasteiger partial charge in [-0.25, -0.2) is 8.42 Å². The number of nitrogens with zero attached hydrogens (tertiary/aromatic N) is 1. The zero-order chi connectivity index (χ0) is 20.3. The van der Waals surface area contributed by atoms with E-state index in [2.05, 4.69) is 5.32 Å². The van der Waals surface area contributed by atoms with Gasteiger partial charge in [0.1, 0.15) is 0 Å². The highest BCUT2D eigenvalue weighted by atomic mass is 35.5. The highest BCUT2D eigenvalue weighted by Gasteiger charge is 2.32. The van der Waals surface area contributed by atoms with Gasteiger partial charge in [-0.05, 0) is 49.7 Å². The number of hydrogen-bond acceptors (Lipinski definition) is 4. The Morgan fingerprint density at radius 2 is 1.79 bits per heavy atom. The van der Waals surface area contributed by atoms with Gasteiger partial charge in [0.05, 0.1) is 17.1 Å². The van der Waals surface area contributed by atoms with Crippen LogP contribution in [0.2, 0.25) is 5.02 Å². The van der Waals surface area contributed by atoms with E-state index in [-0.39, 0.29) is 23.0 Å². The molecule has 1 fully saturated rings. The maximum absolute atomic E-state index is 13.0. The Kier molecular flexibility index (Phi) is 6.40. The molecule has 1 amide bonds. The molecule has 1 heterocycles. The van der Waals surface area contributed by atoms with Crippen molar-refractivity contribution >= 4 is 27.5 Å². The van der Waals surface area contributed by atoms with Crippen molar-refractivity contribution in [2.75, 3.05) is 13.1 Å².